The van der Waals surface area contributed by atoms with Crippen LogP contribution in [-0.4, -0.2) is 10.9 Å². The van der Waals surface area contributed by atoms with Crippen molar-refractivity contribution in [2.24, 2.45) is 5.41 Å². The van der Waals surface area contributed by atoms with Crippen molar-refractivity contribution in [1.29, 1.82) is 0 Å². The fourth-order valence-electron chi connectivity index (χ4n) is 4.84. The maximum absolute atomic E-state index is 13.4. The molecule has 3 aromatic rings. The number of ketones is 1. The third-order valence-corrected chi connectivity index (χ3v) is 7.32. The van der Waals surface area contributed by atoms with E-state index < -0.39 is 0 Å². The number of benzene rings is 3. The summed E-state index contributed by atoms with van der Waals surface area (Å²) in [4.78, 5) is 13.4. The zero-order valence-electron chi connectivity index (χ0n) is 16.7. The van der Waals surface area contributed by atoms with E-state index in [-0.39, 0.29) is 23.0 Å². The van der Waals surface area contributed by atoms with Gasteiger partial charge in [-0.3, -0.25) is 4.79 Å². The number of fused-ring (bicyclic) bond motifs is 4. The maximum Gasteiger partial charge on any atom is 0.162 e. The molecule has 0 unspecified atom stereocenters. The van der Waals surface area contributed by atoms with Gasteiger partial charge < -0.3 is 10.4 Å². The Balaban J connectivity index is 1.80. The van der Waals surface area contributed by atoms with Crippen molar-refractivity contribution in [1.82, 2.24) is 0 Å². The minimum absolute atomic E-state index is 0.0812. The molecule has 5 rings (SSSR count). The lowest BCUT2D eigenvalue weighted by Gasteiger charge is -2.40. The maximum atomic E-state index is 13.4. The van der Waals surface area contributed by atoms with Gasteiger partial charge in [0.05, 0.1) is 15.0 Å². The van der Waals surface area contributed by atoms with Crippen LogP contribution in [0.3, 0.4) is 0 Å². The van der Waals surface area contributed by atoms with Crippen LogP contribution in [0.2, 0.25) is 0 Å². The summed E-state index contributed by atoms with van der Waals surface area (Å²) in [6.45, 7) is 4.34. The minimum Gasteiger partial charge on any atom is -0.506 e. The van der Waals surface area contributed by atoms with E-state index in [9.17, 15) is 9.90 Å². The van der Waals surface area contributed by atoms with Gasteiger partial charge in [-0.2, -0.15) is 0 Å². The third kappa shape index (κ3) is 3.10. The van der Waals surface area contributed by atoms with Crippen LogP contribution in [-0.2, 0) is 4.79 Å². The van der Waals surface area contributed by atoms with Crippen molar-refractivity contribution >= 4 is 59.7 Å². The Morgan fingerprint density at radius 1 is 1.03 bits per heavy atom. The third-order valence-electron chi connectivity index (χ3n) is 6.11. The fourth-order valence-corrected chi connectivity index (χ4v) is 6.06. The number of rotatable bonds is 1. The van der Waals surface area contributed by atoms with E-state index in [2.05, 4.69) is 81.4 Å². The van der Waals surface area contributed by atoms with Crippen molar-refractivity contribution in [2.45, 2.75) is 32.7 Å². The van der Waals surface area contributed by atoms with Gasteiger partial charge in [0.25, 0.3) is 0 Å². The predicted octanol–water partition coefficient (Wildman–Crippen LogP) is 7.38. The number of carbonyl (C=O) groups is 1. The van der Waals surface area contributed by atoms with E-state index in [4.69, 9.17) is 0 Å². The molecule has 0 saturated heterocycles. The summed E-state index contributed by atoms with van der Waals surface area (Å²) in [7, 11) is 0. The van der Waals surface area contributed by atoms with Gasteiger partial charge in [-0.1, -0.05) is 44.2 Å². The Bertz CT molecular complexity index is 1240. The molecule has 3 nitrogen and oxygen atoms in total. The second-order valence-electron chi connectivity index (χ2n) is 8.95. The van der Waals surface area contributed by atoms with Gasteiger partial charge in [-0.25, -0.2) is 0 Å². The number of carbonyl (C=O) groups excluding carboxylic acids is 1. The van der Waals surface area contributed by atoms with E-state index in [1.165, 1.54) is 10.8 Å². The topological polar surface area (TPSA) is 49.3 Å². The number of Topliss-reactive ketones (excluding diaryl/α,β-unsaturated/α-hetero) is 1. The molecule has 3 aromatic carbocycles. The quantitative estimate of drug-likeness (QED) is 0.347. The highest BCUT2D eigenvalue weighted by molar-refractivity contribution is 9.11. The van der Waals surface area contributed by atoms with E-state index >= 15 is 0 Å². The van der Waals surface area contributed by atoms with E-state index in [1.807, 2.05) is 18.2 Å². The Morgan fingerprint density at radius 3 is 2.47 bits per heavy atom. The second-order valence-corrected chi connectivity index (χ2v) is 10.7. The number of hydrogen-bond acceptors (Lipinski definition) is 3. The van der Waals surface area contributed by atoms with E-state index in [0.717, 1.165) is 34.4 Å². The van der Waals surface area contributed by atoms with Gasteiger partial charge in [0, 0.05) is 23.2 Å². The molecule has 2 N–H and O–H groups in total. The highest BCUT2D eigenvalue weighted by Crippen LogP contribution is 2.52. The van der Waals surface area contributed by atoms with Crippen molar-refractivity contribution in [3.05, 3.63) is 74.2 Å². The number of allylic oxidation sites excluding steroid dienone is 1. The first-order chi connectivity index (χ1) is 14.2. The van der Waals surface area contributed by atoms with Crippen LogP contribution in [0.4, 0.5) is 5.69 Å². The Hall–Kier alpha value is -2.11. The average Bonchev–Trinajstić information content (AvgIpc) is 2.69. The molecule has 0 radical (unpaired) electrons. The second kappa shape index (κ2) is 6.96. The molecule has 152 valence electrons. The molecule has 1 aliphatic heterocycles. The Kier molecular flexibility index (Phi) is 4.60. The molecule has 1 atom stereocenters. The summed E-state index contributed by atoms with van der Waals surface area (Å²) in [5.74, 6) is 0.351. The van der Waals surface area contributed by atoms with Crippen molar-refractivity contribution in [2.75, 3.05) is 5.32 Å². The van der Waals surface area contributed by atoms with Gasteiger partial charge >= 0.3 is 0 Å². The number of hydrogen-bond donors (Lipinski definition) is 2. The zero-order valence-corrected chi connectivity index (χ0v) is 19.9. The largest absolute Gasteiger partial charge is 0.506 e. The molecular weight excluding hydrogens is 506 g/mol. The molecule has 0 aromatic heterocycles. The van der Waals surface area contributed by atoms with Gasteiger partial charge in [0.1, 0.15) is 5.75 Å². The van der Waals surface area contributed by atoms with Crippen LogP contribution in [0.15, 0.2) is 63.0 Å². The van der Waals surface area contributed by atoms with E-state index in [1.54, 1.807) is 0 Å². The molecular formula is C25H21Br2NO2. The molecule has 0 fully saturated rings. The molecule has 0 amide bonds. The standard InChI is InChI=1S/C25H21Br2NO2/c1-25(2)11-16-21-15-6-4-3-5-13(15)7-8-19(21)28-23(22(16)20(29)12-25)14-9-17(26)24(30)18(27)10-14/h3-10,23,28,30H,11-12H2,1-2H3/t23-/m1/s1. The number of anilines is 1. The molecule has 0 bridgehead atoms. The zero-order chi connectivity index (χ0) is 21.2. The number of phenolic OH excluding ortho intramolecular Hbond substituents is 1. The van der Waals surface area contributed by atoms with Gasteiger partial charge in [0.15, 0.2) is 5.78 Å². The molecule has 0 spiro atoms. The number of halogens is 2. The van der Waals surface area contributed by atoms with E-state index in [0.29, 0.717) is 15.4 Å². The lowest BCUT2D eigenvalue weighted by molar-refractivity contribution is -0.118. The number of phenols is 1. The van der Waals surface area contributed by atoms with Crippen molar-refractivity contribution < 1.29 is 9.90 Å². The lowest BCUT2D eigenvalue weighted by Crippen LogP contribution is -2.33. The Morgan fingerprint density at radius 2 is 1.73 bits per heavy atom. The van der Waals surface area contributed by atoms with Crippen LogP contribution < -0.4 is 5.32 Å². The monoisotopic (exact) mass is 525 g/mol. The van der Waals surface area contributed by atoms with Crippen LogP contribution >= 0.6 is 31.9 Å². The summed E-state index contributed by atoms with van der Waals surface area (Å²) < 4.78 is 1.20. The average molecular weight is 527 g/mol. The highest BCUT2D eigenvalue weighted by atomic mass is 79.9. The summed E-state index contributed by atoms with van der Waals surface area (Å²) >= 11 is 6.88. The van der Waals surface area contributed by atoms with Gasteiger partial charge in [-0.05, 0) is 83.8 Å². The van der Waals surface area contributed by atoms with Crippen LogP contribution in [0.1, 0.15) is 43.9 Å². The molecule has 0 saturated carbocycles. The van der Waals surface area contributed by atoms with Crippen LogP contribution in [0.5, 0.6) is 5.75 Å². The molecule has 5 heteroatoms. The number of nitrogens with one attached hydrogen (secondary N) is 1. The molecule has 30 heavy (non-hydrogen) atoms. The Labute approximate surface area is 192 Å². The first kappa shape index (κ1) is 19.8. The lowest BCUT2D eigenvalue weighted by atomic mass is 9.68. The fraction of sp³-hybridized carbons (Fsp3) is 0.240. The first-order valence-corrected chi connectivity index (χ1v) is 11.6. The first-order valence-electron chi connectivity index (χ1n) is 9.98. The normalized spacial score (nSPS) is 20.0. The minimum atomic E-state index is -0.259. The van der Waals surface area contributed by atoms with Crippen LogP contribution in [0, 0.1) is 5.41 Å². The van der Waals surface area contributed by atoms with Gasteiger partial charge in [0.2, 0.25) is 0 Å². The highest BCUT2D eigenvalue weighted by Gasteiger charge is 2.41. The summed E-state index contributed by atoms with van der Waals surface area (Å²) in [6.07, 6.45) is 1.39. The summed E-state index contributed by atoms with van der Waals surface area (Å²) in [6, 6.07) is 16.1. The molecule has 1 aliphatic carbocycles. The van der Waals surface area contributed by atoms with Crippen molar-refractivity contribution in [3.63, 3.8) is 0 Å². The summed E-state index contributed by atoms with van der Waals surface area (Å²) in [5, 5.41) is 16.1. The van der Waals surface area contributed by atoms with Crippen molar-refractivity contribution in [3.8, 4) is 5.75 Å². The number of aromatic hydroxyl groups is 1. The molecule has 1 heterocycles. The van der Waals surface area contributed by atoms with Crippen LogP contribution in [0.25, 0.3) is 16.3 Å². The smallest absolute Gasteiger partial charge is 0.162 e. The summed E-state index contributed by atoms with van der Waals surface area (Å²) in [5.41, 5.74) is 5.05. The SMILES string of the molecule is CC1(C)CC(=O)C2=C(C1)c1c(ccc3ccccc13)N[C@@H]2c1cc(Br)c(O)c(Br)c1. The van der Waals surface area contributed by atoms with Gasteiger partial charge in [-0.15, -0.1) is 0 Å². The predicted molar refractivity (Wildman–Crippen MR) is 129 cm³/mol. The molecule has 2 aliphatic rings.